The maximum atomic E-state index is 9.84. The Labute approximate surface area is 81.8 Å². The van der Waals surface area contributed by atoms with Crippen LogP contribution in [0, 0.1) is 0 Å². The molecule has 2 nitrogen and oxygen atoms in total. The molecule has 0 spiro atoms. The fourth-order valence-electron chi connectivity index (χ4n) is 1.42. The third-order valence-corrected chi connectivity index (χ3v) is 2.16. The van der Waals surface area contributed by atoms with E-state index in [9.17, 15) is 5.11 Å². The molecule has 1 aromatic heterocycles. The number of hydrogen-bond donors (Lipinski definition) is 1. The highest BCUT2D eigenvalue weighted by atomic mass is 16.3. The lowest BCUT2D eigenvalue weighted by Gasteiger charge is -2.01. The fraction of sp³-hybridized carbons (Fsp3) is 0.0833. The highest BCUT2D eigenvalue weighted by Gasteiger charge is 2.06. The summed E-state index contributed by atoms with van der Waals surface area (Å²) < 4.78 is 5.16. The van der Waals surface area contributed by atoms with Gasteiger partial charge in [-0.15, -0.1) is 5.73 Å². The van der Waals surface area contributed by atoms with Crippen LogP contribution in [0.25, 0.3) is 11.0 Å². The van der Waals surface area contributed by atoms with Crippen molar-refractivity contribution in [3.8, 4) is 5.75 Å². The molecule has 1 aromatic carbocycles. The lowest BCUT2D eigenvalue weighted by atomic mass is 10.1. The summed E-state index contributed by atoms with van der Waals surface area (Å²) in [6.07, 6.45) is 3.98. The number of phenols is 1. The van der Waals surface area contributed by atoms with Crippen LogP contribution in [-0.2, 0) is 6.42 Å². The van der Waals surface area contributed by atoms with Crippen LogP contribution < -0.4 is 0 Å². The molecular formula is C12H10O2. The Balaban J connectivity index is 2.55. The van der Waals surface area contributed by atoms with E-state index in [4.69, 9.17) is 4.42 Å². The first-order valence-corrected chi connectivity index (χ1v) is 4.35. The Bertz CT molecular complexity index is 502. The van der Waals surface area contributed by atoms with Crippen LogP contribution in [0.15, 0.2) is 47.3 Å². The standard InChI is InChI=1S/C12H10O2/c1-2-3-4-9-5-6-11-10(12(9)13)7-8-14-11/h3,5-8,13H,1,4H2. The van der Waals surface area contributed by atoms with Gasteiger partial charge in [0.15, 0.2) is 0 Å². The number of allylic oxidation sites excluding steroid dienone is 1. The molecule has 1 N–H and O–H groups in total. The van der Waals surface area contributed by atoms with Crippen LogP contribution >= 0.6 is 0 Å². The van der Waals surface area contributed by atoms with Gasteiger partial charge in [0.05, 0.1) is 11.6 Å². The smallest absolute Gasteiger partial charge is 0.137 e. The number of furan rings is 1. The quantitative estimate of drug-likeness (QED) is 0.731. The van der Waals surface area contributed by atoms with Gasteiger partial charge in [0, 0.05) is 6.42 Å². The second kappa shape index (κ2) is 3.44. The van der Waals surface area contributed by atoms with Crippen molar-refractivity contribution in [3.63, 3.8) is 0 Å². The van der Waals surface area contributed by atoms with E-state index in [1.54, 1.807) is 18.4 Å². The van der Waals surface area contributed by atoms with E-state index in [1.165, 1.54) is 0 Å². The van der Waals surface area contributed by atoms with E-state index in [0.717, 1.165) is 10.9 Å². The Hall–Kier alpha value is -1.92. The Morgan fingerprint density at radius 3 is 3.07 bits per heavy atom. The van der Waals surface area contributed by atoms with Gasteiger partial charge in [-0.25, -0.2) is 0 Å². The van der Waals surface area contributed by atoms with E-state index in [2.05, 4.69) is 12.3 Å². The molecule has 70 valence electrons. The normalized spacial score (nSPS) is 10.0. The van der Waals surface area contributed by atoms with Gasteiger partial charge in [-0.3, -0.25) is 0 Å². The molecular weight excluding hydrogens is 176 g/mol. The first kappa shape index (κ1) is 8.67. The second-order valence-corrected chi connectivity index (χ2v) is 3.02. The number of rotatable bonds is 2. The molecule has 0 bridgehead atoms. The average molecular weight is 186 g/mol. The predicted molar refractivity (Wildman–Crippen MR) is 55.3 cm³/mol. The molecule has 0 aliphatic rings. The van der Waals surface area contributed by atoms with Crippen molar-refractivity contribution in [3.05, 3.63) is 48.4 Å². The minimum atomic E-state index is 0.280. The molecule has 2 aromatic rings. The molecule has 0 atom stereocenters. The van der Waals surface area contributed by atoms with Gasteiger partial charge in [-0.05, 0) is 23.8 Å². The van der Waals surface area contributed by atoms with E-state index >= 15 is 0 Å². The first-order chi connectivity index (χ1) is 6.83. The summed E-state index contributed by atoms with van der Waals surface area (Å²) in [6, 6.07) is 5.45. The van der Waals surface area contributed by atoms with Gasteiger partial charge in [0.1, 0.15) is 11.3 Å². The molecule has 0 radical (unpaired) electrons. The average Bonchev–Trinajstić information content (AvgIpc) is 2.66. The molecule has 1 heterocycles. The molecule has 0 aliphatic heterocycles. The summed E-state index contributed by atoms with van der Waals surface area (Å²) in [5, 5.41) is 10.6. The van der Waals surface area contributed by atoms with Gasteiger partial charge in [-0.1, -0.05) is 12.6 Å². The summed E-state index contributed by atoms with van der Waals surface area (Å²) in [4.78, 5) is 0. The number of hydrogen-bond acceptors (Lipinski definition) is 2. The minimum Gasteiger partial charge on any atom is -0.507 e. The number of aromatic hydroxyl groups is 1. The Morgan fingerprint density at radius 2 is 2.29 bits per heavy atom. The first-order valence-electron chi connectivity index (χ1n) is 4.35. The highest BCUT2D eigenvalue weighted by molar-refractivity contribution is 5.85. The van der Waals surface area contributed by atoms with Gasteiger partial charge >= 0.3 is 0 Å². The molecule has 0 amide bonds. The number of phenolic OH excluding ortho intramolecular Hbond substituents is 1. The summed E-state index contributed by atoms with van der Waals surface area (Å²) in [6.45, 7) is 3.48. The minimum absolute atomic E-state index is 0.280. The maximum Gasteiger partial charge on any atom is 0.137 e. The predicted octanol–water partition coefficient (Wildman–Crippen LogP) is 3.02. The van der Waals surface area contributed by atoms with E-state index in [-0.39, 0.29) is 5.75 Å². The molecule has 2 heteroatoms. The van der Waals surface area contributed by atoms with Crippen LogP contribution in [0.3, 0.4) is 0 Å². The topological polar surface area (TPSA) is 33.4 Å². The van der Waals surface area contributed by atoms with Crippen molar-refractivity contribution in [1.29, 1.82) is 0 Å². The number of fused-ring (bicyclic) bond motifs is 1. The monoisotopic (exact) mass is 186 g/mol. The van der Waals surface area contributed by atoms with E-state index in [1.807, 2.05) is 12.1 Å². The van der Waals surface area contributed by atoms with Crippen molar-refractivity contribution >= 4 is 11.0 Å². The molecule has 0 saturated heterocycles. The molecule has 0 aliphatic carbocycles. The molecule has 2 rings (SSSR count). The fourth-order valence-corrected chi connectivity index (χ4v) is 1.42. The van der Waals surface area contributed by atoms with E-state index < -0.39 is 0 Å². The highest BCUT2D eigenvalue weighted by Crippen LogP contribution is 2.29. The van der Waals surface area contributed by atoms with Gasteiger partial charge < -0.3 is 9.52 Å². The van der Waals surface area contributed by atoms with Crippen molar-refractivity contribution in [1.82, 2.24) is 0 Å². The summed E-state index contributed by atoms with van der Waals surface area (Å²) >= 11 is 0. The number of benzene rings is 1. The van der Waals surface area contributed by atoms with Gasteiger partial charge in [0.25, 0.3) is 0 Å². The molecule has 0 unspecified atom stereocenters. The lowest BCUT2D eigenvalue weighted by Crippen LogP contribution is -1.81. The van der Waals surface area contributed by atoms with Gasteiger partial charge in [-0.2, -0.15) is 0 Å². The van der Waals surface area contributed by atoms with Crippen molar-refractivity contribution in [2.75, 3.05) is 0 Å². The van der Waals surface area contributed by atoms with Crippen molar-refractivity contribution in [2.45, 2.75) is 6.42 Å². The largest absolute Gasteiger partial charge is 0.507 e. The molecule has 0 fully saturated rings. The Kier molecular flexibility index (Phi) is 2.13. The summed E-state index contributed by atoms with van der Waals surface area (Å²) in [7, 11) is 0. The zero-order chi connectivity index (χ0) is 9.97. The zero-order valence-electron chi connectivity index (χ0n) is 7.66. The van der Waals surface area contributed by atoms with Crippen LogP contribution in [0.2, 0.25) is 0 Å². The lowest BCUT2D eigenvalue weighted by molar-refractivity contribution is 0.475. The maximum absolute atomic E-state index is 9.84. The Morgan fingerprint density at radius 1 is 1.43 bits per heavy atom. The third kappa shape index (κ3) is 1.32. The van der Waals surface area contributed by atoms with E-state index in [0.29, 0.717) is 12.0 Å². The van der Waals surface area contributed by atoms with Crippen LogP contribution in [0.1, 0.15) is 5.56 Å². The van der Waals surface area contributed by atoms with Crippen molar-refractivity contribution < 1.29 is 9.52 Å². The third-order valence-electron chi connectivity index (χ3n) is 2.16. The van der Waals surface area contributed by atoms with Crippen LogP contribution in [0.4, 0.5) is 0 Å². The van der Waals surface area contributed by atoms with Gasteiger partial charge in [0.2, 0.25) is 0 Å². The summed E-state index contributed by atoms with van der Waals surface area (Å²) in [5.74, 6) is 0.280. The van der Waals surface area contributed by atoms with Crippen LogP contribution in [0.5, 0.6) is 5.75 Å². The SMILES string of the molecule is C=C=CCc1ccc2occc2c1O. The summed E-state index contributed by atoms with van der Waals surface area (Å²) in [5.41, 5.74) is 4.23. The second-order valence-electron chi connectivity index (χ2n) is 3.02. The molecule has 0 saturated carbocycles. The zero-order valence-corrected chi connectivity index (χ0v) is 7.66. The molecule has 14 heavy (non-hydrogen) atoms. The van der Waals surface area contributed by atoms with Crippen molar-refractivity contribution in [2.24, 2.45) is 0 Å². The van der Waals surface area contributed by atoms with Crippen LogP contribution in [-0.4, -0.2) is 5.11 Å².